The van der Waals surface area contributed by atoms with Gasteiger partial charge in [0.15, 0.2) is 0 Å². The fourth-order valence-corrected chi connectivity index (χ4v) is 5.00. The second-order valence-electron chi connectivity index (χ2n) is 5.08. The maximum absolute atomic E-state index is 12.7. The van der Waals surface area contributed by atoms with Crippen LogP contribution in [0.1, 0.15) is 23.8 Å². The van der Waals surface area contributed by atoms with Gasteiger partial charge < -0.3 is 10.6 Å². The maximum Gasteiger partial charge on any atom is 0.252 e. The molecule has 0 fully saturated rings. The van der Waals surface area contributed by atoms with Crippen molar-refractivity contribution in [2.45, 2.75) is 31.0 Å². The number of thiophene rings is 1. The topological polar surface area (TPSA) is 66.6 Å². The van der Waals surface area contributed by atoms with Gasteiger partial charge in [-0.2, -0.15) is 4.31 Å². The minimum Gasteiger partial charge on any atom is -0.326 e. The Morgan fingerprint density at radius 1 is 1.25 bits per heavy atom. The van der Waals surface area contributed by atoms with Crippen molar-refractivity contribution in [2.24, 2.45) is 5.73 Å². The third kappa shape index (κ3) is 4.26. The van der Waals surface area contributed by atoms with Crippen LogP contribution < -0.4 is 5.73 Å². The van der Waals surface area contributed by atoms with Crippen molar-refractivity contribution in [3.05, 3.63) is 16.5 Å². The SMILES string of the molecule is CCCN(CCN(C)C)S(=O)(=O)c1cc(C)c(CN)s1. The number of likely N-dealkylation sites (N-methyl/N-ethyl adjacent to an activating group) is 1. The molecule has 0 aliphatic carbocycles. The van der Waals surface area contributed by atoms with Gasteiger partial charge in [-0.25, -0.2) is 8.42 Å². The zero-order valence-corrected chi connectivity index (χ0v) is 14.4. The Balaban J connectivity index is 3.02. The molecule has 0 amide bonds. The highest BCUT2D eigenvalue weighted by Crippen LogP contribution is 2.28. The van der Waals surface area contributed by atoms with Crippen LogP contribution in [-0.2, 0) is 16.6 Å². The van der Waals surface area contributed by atoms with Gasteiger partial charge in [0.05, 0.1) is 0 Å². The molecule has 20 heavy (non-hydrogen) atoms. The third-order valence-electron chi connectivity index (χ3n) is 3.05. The maximum atomic E-state index is 12.7. The van der Waals surface area contributed by atoms with Gasteiger partial charge in [-0.1, -0.05) is 6.92 Å². The van der Waals surface area contributed by atoms with Gasteiger partial charge in [-0.15, -0.1) is 11.3 Å². The van der Waals surface area contributed by atoms with Gasteiger partial charge in [-0.3, -0.25) is 0 Å². The van der Waals surface area contributed by atoms with E-state index in [1.807, 2.05) is 32.8 Å². The van der Waals surface area contributed by atoms with Crippen LogP contribution >= 0.6 is 11.3 Å². The number of nitrogens with two attached hydrogens (primary N) is 1. The molecule has 7 heteroatoms. The molecule has 5 nitrogen and oxygen atoms in total. The average molecular weight is 319 g/mol. The molecule has 0 atom stereocenters. The quantitative estimate of drug-likeness (QED) is 0.788. The van der Waals surface area contributed by atoms with Crippen LogP contribution in [0.5, 0.6) is 0 Å². The molecular weight excluding hydrogens is 294 g/mol. The Labute approximate surface area is 126 Å². The van der Waals surface area contributed by atoms with Crippen LogP contribution in [0, 0.1) is 6.92 Å². The molecule has 1 aromatic heterocycles. The van der Waals surface area contributed by atoms with E-state index >= 15 is 0 Å². The Morgan fingerprint density at radius 3 is 2.35 bits per heavy atom. The number of nitrogens with zero attached hydrogens (tertiary/aromatic N) is 2. The summed E-state index contributed by atoms with van der Waals surface area (Å²) in [5.74, 6) is 0. The molecule has 0 bridgehead atoms. The van der Waals surface area contributed by atoms with Crippen molar-refractivity contribution in [3.63, 3.8) is 0 Å². The third-order valence-corrected chi connectivity index (χ3v) is 6.65. The molecule has 2 N–H and O–H groups in total. The first-order valence-corrected chi connectivity index (χ1v) is 9.02. The zero-order valence-electron chi connectivity index (χ0n) is 12.7. The first kappa shape index (κ1) is 17.6. The number of hydrogen-bond donors (Lipinski definition) is 1. The molecule has 1 rings (SSSR count). The molecule has 0 unspecified atom stereocenters. The molecule has 0 radical (unpaired) electrons. The summed E-state index contributed by atoms with van der Waals surface area (Å²) in [5.41, 5.74) is 6.59. The van der Waals surface area contributed by atoms with E-state index in [-0.39, 0.29) is 0 Å². The predicted octanol–water partition coefficient (Wildman–Crippen LogP) is 1.48. The zero-order chi connectivity index (χ0) is 15.3. The van der Waals surface area contributed by atoms with Crippen molar-refractivity contribution in [1.29, 1.82) is 0 Å². The van der Waals surface area contributed by atoms with E-state index in [1.165, 1.54) is 11.3 Å². The molecule has 0 saturated heterocycles. The minimum atomic E-state index is -3.40. The number of sulfonamides is 1. The molecule has 1 aromatic rings. The lowest BCUT2D eigenvalue weighted by Gasteiger charge is -2.22. The average Bonchev–Trinajstić information content (AvgIpc) is 2.76. The van der Waals surface area contributed by atoms with Crippen LogP contribution in [-0.4, -0.2) is 51.4 Å². The second kappa shape index (κ2) is 7.51. The van der Waals surface area contributed by atoms with Crippen LogP contribution in [0.25, 0.3) is 0 Å². The molecule has 0 aromatic carbocycles. The largest absolute Gasteiger partial charge is 0.326 e. The fourth-order valence-electron chi connectivity index (χ4n) is 1.86. The Hall–Kier alpha value is -0.470. The first-order valence-electron chi connectivity index (χ1n) is 6.77. The van der Waals surface area contributed by atoms with Gasteiger partial charge in [0, 0.05) is 31.1 Å². The molecule has 0 saturated carbocycles. The normalized spacial score (nSPS) is 12.6. The minimum absolute atomic E-state index is 0.386. The fraction of sp³-hybridized carbons (Fsp3) is 0.692. The smallest absolute Gasteiger partial charge is 0.252 e. The van der Waals surface area contributed by atoms with Gasteiger partial charge in [0.1, 0.15) is 4.21 Å². The van der Waals surface area contributed by atoms with Gasteiger partial charge in [0.25, 0.3) is 10.0 Å². The summed E-state index contributed by atoms with van der Waals surface area (Å²) in [4.78, 5) is 2.93. The predicted molar refractivity (Wildman–Crippen MR) is 84.6 cm³/mol. The summed E-state index contributed by atoms with van der Waals surface area (Å²) >= 11 is 1.29. The summed E-state index contributed by atoms with van der Waals surface area (Å²) in [7, 11) is 0.485. The monoisotopic (exact) mass is 319 g/mol. The van der Waals surface area contributed by atoms with E-state index < -0.39 is 10.0 Å². The molecule has 116 valence electrons. The van der Waals surface area contributed by atoms with E-state index in [9.17, 15) is 8.42 Å². The Morgan fingerprint density at radius 2 is 1.90 bits per heavy atom. The molecule has 0 aliphatic rings. The van der Waals surface area contributed by atoms with Gasteiger partial charge >= 0.3 is 0 Å². The summed E-state index contributed by atoms with van der Waals surface area (Å²) in [5, 5.41) is 0. The molecule has 0 aliphatic heterocycles. The molecule has 1 heterocycles. The first-order chi connectivity index (χ1) is 9.32. The van der Waals surface area contributed by atoms with Crippen molar-refractivity contribution in [2.75, 3.05) is 33.7 Å². The van der Waals surface area contributed by atoms with Crippen LogP contribution in [0.15, 0.2) is 10.3 Å². The van der Waals surface area contributed by atoms with E-state index in [0.717, 1.165) is 16.9 Å². The van der Waals surface area contributed by atoms with E-state index in [0.29, 0.717) is 30.4 Å². The van der Waals surface area contributed by atoms with Crippen molar-refractivity contribution in [3.8, 4) is 0 Å². The second-order valence-corrected chi connectivity index (χ2v) is 8.38. The van der Waals surface area contributed by atoms with Crippen molar-refractivity contribution in [1.82, 2.24) is 9.21 Å². The van der Waals surface area contributed by atoms with Crippen LogP contribution in [0.3, 0.4) is 0 Å². The Bertz CT molecular complexity index is 524. The molecular formula is C13H25N3O2S2. The summed E-state index contributed by atoms with van der Waals surface area (Å²) < 4.78 is 27.4. The Kier molecular flexibility index (Phi) is 6.60. The van der Waals surface area contributed by atoms with E-state index in [2.05, 4.69) is 0 Å². The lowest BCUT2D eigenvalue weighted by Crippen LogP contribution is -2.36. The van der Waals surface area contributed by atoms with Gasteiger partial charge in [0.2, 0.25) is 0 Å². The highest BCUT2D eigenvalue weighted by atomic mass is 32.2. The lowest BCUT2D eigenvalue weighted by atomic mass is 10.3. The van der Waals surface area contributed by atoms with E-state index in [4.69, 9.17) is 5.73 Å². The summed E-state index contributed by atoms with van der Waals surface area (Å²) in [6.45, 7) is 6.05. The van der Waals surface area contributed by atoms with Crippen LogP contribution in [0.4, 0.5) is 0 Å². The van der Waals surface area contributed by atoms with Crippen molar-refractivity contribution >= 4 is 21.4 Å². The molecule has 0 spiro atoms. The number of rotatable bonds is 8. The van der Waals surface area contributed by atoms with Crippen molar-refractivity contribution < 1.29 is 8.42 Å². The highest BCUT2D eigenvalue weighted by molar-refractivity contribution is 7.91. The lowest BCUT2D eigenvalue weighted by molar-refractivity contribution is 0.333. The van der Waals surface area contributed by atoms with Gasteiger partial charge in [-0.05, 0) is 39.1 Å². The summed E-state index contributed by atoms with van der Waals surface area (Å²) in [6.07, 6.45) is 0.806. The number of hydrogen-bond acceptors (Lipinski definition) is 5. The highest BCUT2D eigenvalue weighted by Gasteiger charge is 2.26. The van der Waals surface area contributed by atoms with Crippen LogP contribution in [0.2, 0.25) is 0 Å². The standard InChI is InChI=1S/C13H25N3O2S2/c1-5-6-16(8-7-15(3)4)20(17,18)13-9-11(2)12(10-14)19-13/h9H,5-8,10,14H2,1-4H3. The summed E-state index contributed by atoms with van der Waals surface area (Å²) in [6, 6.07) is 1.74. The number of aryl methyl sites for hydroxylation is 1. The van der Waals surface area contributed by atoms with E-state index in [1.54, 1.807) is 10.4 Å².